The number of carbonyl (C=O) groups excluding carboxylic acids is 1. The molecule has 2 aliphatic rings. The van der Waals surface area contributed by atoms with Gasteiger partial charge in [0.25, 0.3) is 0 Å². The van der Waals surface area contributed by atoms with Gasteiger partial charge in [0.15, 0.2) is 5.78 Å². The molecule has 0 aliphatic heterocycles. The van der Waals surface area contributed by atoms with E-state index in [1.807, 2.05) is 67.6 Å². The van der Waals surface area contributed by atoms with Gasteiger partial charge in [-0.2, -0.15) is 0 Å². The molecule has 2 aliphatic carbocycles. The second kappa shape index (κ2) is 9.33. The number of anilines is 2. The fourth-order valence-corrected chi connectivity index (χ4v) is 6.05. The summed E-state index contributed by atoms with van der Waals surface area (Å²) >= 11 is 6.43. The summed E-state index contributed by atoms with van der Waals surface area (Å²) in [6.07, 6.45) is 3.54. The third-order valence-corrected chi connectivity index (χ3v) is 8.00. The highest BCUT2D eigenvalue weighted by Crippen LogP contribution is 2.30. The van der Waals surface area contributed by atoms with Gasteiger partial charge in [-0.3, -0.25) is 4.79 Å². The van der Waals surface area contributed by atoms with Crippen LogP contribution in [0, 0.1) is 24.3 Å². The van der Waals surface area contributed by atoms with Crippen molar-refractivity contribution in [2.24, 2.45) is 0 Å². The lowest BCUT2D eigenvalue weighted by atomic mass is 9.82. The SMILES string of the molecule is Cc1ccccc1Nc1ccc(C(=O)C2=c3ccc4c(c3CCC2)C(O)C=c2c(Cl)cccc2=4)c(C)c1. The standard InChI is InChI=1S/C33H28ClNO2/c1-19-7-3-4-12-30(19)35-21-13-14-22(20(2)17-21)33(37)27-10-5-9-25-24(27)15-16-26-23-8-6-11-29(34)28(23)18-31(36)32(25)26/h3-4,6-8,11-18,31,35-36H,5,9-10H2,1-2H3. The van der Waals surface area contributed by atoms with E-state index in [4.69, 9.17) is 11.6 Å². The Morgan fingerprint density at radius 3 is 2.51 bits per heavy atom. The zero-order valence-corrected chi connectivity index (χ0v) is 21.7. The summed E-state index contributed by atoms with van der Waals surface area (Å²) in [5.74, 6) is 0.0681. The highest BCUT2D eigenvalue weighted by Gasteiger charge is 2.24. The molecular weight excluding hydrogens is 478 g/mol. The second-order valence-electron chi connectivity index (χ2n) is 10.00. The summed E-state index contributed by atoms with van der Waals surface area (Å²) in [5, 5.41) is 19.1. The van der Waals surface area contributed by atoms with Crippen molar-refractivity contribution in [1.29, 1.82) is 0 Å². The molecular formula is C33H28ClNO2. The highest BCUT2D eigenvalue weighted by atomic mass is 35.5. The third-order valence-electron chi connectivity index (χ3n) is 7.67. The minimum atomic E-state index is -0.750. The number of nitrogens with one attached hydrogen (secondary N) is 1. The van der Waals surface area contributed by atoms with Crippen molar-refractivity contribution in [2.45, 2.75) is 39.2 Å². The summed E-state index contributed by atoms with van der Waals surface area (Å²) in [7, 11) is 0. The molecule has 6 rings (SSSR count). The monoisotopic (exact) mass is 505 g/mol. The number of aryl methyl sites for hydroxylation is 2. The zero-order valence-electron chi connectivity index (χ0n) is 20.9. The number of fused-ring (bicyclic) bond motifs is 4. The van der Waals surface area contributed by atoms with E-state index in [-0.39, 0.29) is 5.78 Å². The molecule has 2 N–H and O–H groups in total. The molecule has 1 unspecified atom stereocenters. The fourth-order valence-electron chi connectivity index (χ4n) is 5.81. The van der Waals surface area contributed by atoms with Gasteiger partial charge < -0.3 is 10.4 Å². The number of rotatable bonds is 4. The van der Waals surface area contributed by atoms with E-state index in [9.17, 15) is 9.90 Å². The maximum Gasteiger partial charge on any atom is 0.189 e. The van der Waals surface area contributed by atoms with E-state index < -0.39 is 6.10 Å². The van der Waals surface area contributed by atoms with Crippen molar-refractivity contribution >= 4 is 40.4 Å². The first-order valence-corrected chi connectivity index (χ1v) is 13.1. The van der Waals surface area contributed by atoms with Gasteiger partial charge in [-0.05, 0) is 113 Å². The van der Waals surface area contributed by atoms with Gasteiger partial charge in [-0.1, -0.05) is 54.1 Å². The molecule has 4 aromatic rings. The average molecular weight is 506 g/mol. The molecule has 4 heteroatoms. The van der Waals surface area contributed by atoms with Crippen LogP contribution in [0.2, 0.25) is 5.02 Å². The van der Waals surface area contributed by atoms with Gasteiger partial charge >= 0.3 is 0 Å². The van der Waals surface area contributed by atoms with Gasteiger partial charge in [-0.15, -0.1) is 0 Å². The Labute approximate surface area is 221 Å². The van der Waals surface area contributed by atoms with Crippen LogP contribution in [0.15, 0.2) is 72.8 Å². The molecule has 0 fully saturated rings. The van der Waals surface area contributed by atoms with E-state index >= 15 is 0 Å². The number of Topliss-reactive ketones (excluding diaryl/α,β-unsaturated/α-hetero) is 1. The van der Waals surface area contributed by atoms with Crippen LogP contribution in [-0.4, -0.2) is 10.9 Å². The number of hydrogen-bond donors (Lipinski definition) is 2. The molecule has 0 saturated carbocycles. The number of ketones is 1. The van der Waals surface area contributed by atoms with Gasteiger partial charge in [0, 0.05) is 27.5 Å². The topological polar surface area (TPSA) is 49.3 Å². The number of carbonyl (C=O) groups is 1. The Bertz CT molecular complexity index is 1810. The van der Waals surface area contributed by atoms with Crippen LogP contribution in [0.25, 0.3) is 11.6 Å². The van der Waals surface area contributed by atoms with Crippen molar-refractivity contribution in [1.82, 2.24) is 0 Å². The van der Waals surface area contributed by atoms with Gasteiger partial charge in [0.1, 0.15) is 0 Å². The van der Waals surface area contributed by atoms with Gasteiger partial charge in [-0.25, -0.2) is 0 Å². The van der Waals surface area contributed by atoms with Crippen LogP contribution in [-0.2, 0) is 6.42 Å². The molecule has 184 valence electrons. The van der Waals surface area contributed by atoms with Crippen molar-refractivity contribution in [2.75, 3.05) is 5.32 Å². The van der Waals surface area contributed by atoms with Crippen molar-refractivity contribution in [3.63, 3.8) is 0 Å². The summed E-state index contributed by atoms with van der Waals surface area (Å²) in [6, 6.07) is 24.0. The van der Waals surface area contributed by atoms with Crippen LogP contribution < -0.4 is 15.8 Å². The Morgan fingerprint density at radius 2 is 1.70 bits per heavy atom. The van der Waals surface area contributed by atoms with E-state index in [1.165, 1.54) is 5.56 Å². The minimum Gasteiger partial charge on any atom is -0.384 e. The minimum absolute atomic E-state index is 0.0681. The largest absolute Gasteiger partial charge is 0.384 e. The summed E-state index contributed by atoms with van der Waals surface area (Å²) < 4.78 is 0. The smallest absolute Gasteiger partial charge is 0.189 e. The molecule has 0 aromatic heterocycles. The number of para-hydroxylation sites is 1. The first-order chi connectivity index (χ1) is 17.9. The first-order valence-electron chi connectivity index (χ1n) is 12.7. The van der Waals surface area contributed by atoms with E-state index in [0.717, 1.165) is 79.3 Å². The normalized spacial score (nSPS) is 15.8. The predicted molar refractivity (Wildman–Crippen MR) is 151 cm³/mol. The summed E-state index contributed by atoms with van der Waals surface area (Å²) in [6.45, 7) is 4.07. The Hall–Kier alpha value is -3.66. The molecule has 1 atom stereocenters. The third kappa shape index (κ3) is 4.09. The van der Waals surface area contributed by atoms with Crippen LogP contribution >= 0.6 is 11.6 Å². The number of hydrogen-bond acceptors (Lipinski definition) is 3. The molecule has 0 saturated heterocycles. The molecule has 37 heavy (non-hydrogen) atoms. The van der Waals surface area contributed by atoms with Crippen LogP contribution in [0.4, 0.5) is 11.4 Å². The summed E-state index contributed by atoms with van der Waals surface area (Å²) in [5.41, 5.74) is 7.67. The number of aliphatic hydroxyl groups excluding tert-OH is 1. The predicted octanol–water partition coefficient (Wildman–Crippen LogP) is 6.18. The Morgan fingerprint density at radius 1 is 0.892 bits per heavy atom. The Balaban J connectivity index is 1.45. The number of halogens is 1. The highest BCUT2D eigenvalue weighted by molar-refractivity contribution is 6.30. The summed E-state index contributed by atoms with van der Waals surface area (Å²) in [4.78, 5) is 13.9. The lowest BCUT2D eigenvalue weighted by Crippen LogP contribution is -2.27. The average Bonchev–Trinajstić information content (AvgIpc) is 2.90. The number of aliphatic hydroxyl groups is 1. The van der Waals surface area contributed by atoms with Crippen LogP contribution in [0.1, 0.15) is 51.6 Å². The molecule has 0 amide bonds. The molecule has 0 bridgehead atoms. The first kappa shape index (κ1) is 23.7. The van der Waals surface area contributed by atoms with Gasteiger partial charge in [0.05, 0.1) is 6.10 Å². The fraction of sp³-hybridized carbons (Fsp3) is 0.182. The molecule has 0 heterocycles. The second-order valence-corrected chi connectivity index (χ2v) is 10.4. The van der Waals surface area contributed by atoms with E-state index in [1.54, 1.807) is 0 Å². The molecule has 0 radical (unpaired) electrons. The van der Waals surface area contributed by atoms with Crippen molar-refractivity contribution in [3.8, 4) is 0 Å². The van der Waals surface area contributed by atoms with Gasteiger partial charge in [0.2, 0.25) is 0 Å². The lowest BCUT2D eigenvalue weighted by molar-refractivity contribution is 0.105. The lowest BCUT2D eigenvalue weighted by Gasteiger charge is -2.23. The quantitative estimate of drug-likeness (QED) is 0.325. The van der Waals surface area contributed by atoms with Crippen molar-refractivity contribution < 1.29 is 9.90 Å². The van der Waals surface area contributed by atoms with E-state index in [2.05, 4.69) is 30.4 Å². The van der Waals surface area contributed by atoms with Crippen molar-refractivity contribution in [3.05, 3.63) is 127 Å². The Kier molecular flexibility index (Phi) is 5.98. The van der Waals surface area contributed by atoms with E-state index in [0.29, 0.717) is 5.02 Å². The zero-order chi connectivity index (χ0) is 25.7. The molecule has 4 aromatic carbocycles. The maximum atomic E-state index is 13.9. The number of benzene rings is 4. The maximum absolute atomic E-state index is 13.9. The van der Waals surface area contributed by atoms with Crippen LogP contribution in [0.3, 0.4) is 0 Å². The van der Waals surface area contributed by atoms with Crippen LogP contribution in [0.5, 0.6) is 0 Å². The molecule has 0 spiro atoms. The molecule has 3 nitrogen and oxygen atoms in total.